The number of amides is 2. The zero-order valence-electron chi connectivity index (χ0n) is 33.2. The largest absolute Gasteiger partial charge is 0.487 e. The van der Waals surface area contributed by atoms with Gasteiger partial charge < -0.3 is 30.3 Å². The summed E-state index contributed by atoms with van der Waals surface area (Å²) in [5, 5.41) is 33.9. The summed E-state index contributed by atoms with van der Waals surface area (Å²) in [4.78, 5) is 58.9. The number of carboxylic acid groups (broad SMARTS) is 2. The highest BCUT2D eigenvalue weighted by Gasteiger charge is 2.31. The van der Waals surface area contributed by atoms with E-state index in [1.54, 1.807) is 12.1 Å². The van der Waals surface area contributed by atoms with Crippen LogP contribution in [-0.4, -0.2) is 38.9 Å². The van der Waals surface area contributed by atoms with Crippen molar-refractivity contribution in [2.45, 2.75) is 25.8 Å². The molecule has 0 saturated heterocycles. The zero-order chi connectivity index (χ0) is 48.6. The molecule has 22 heteroatoms. The van der Waals surface area contributed by atoms with Gasteiger partial charge in [0, 0.05) is 17.4 Å². The van der Waals surface area contributed by atoms with Gasteiger partial charge in [-0.15, -0.1) is 0 Å². The lowest BCUT2D eigenvalue weighted by Gasteiger charge is -2.17. The Balaban J connectivity index is 0.000000248. The maximum Gasteiger partial charge on any atom is 0.416 e. The fraction of sp³-hybridized carbons (Fsp3) is 0.0909. The standard InChI is InChI=1S/C22H14Cl5NO4.C22H14ClF3N2O6/c1-10(11-5-3-2-4-6-11)32-14-8-7-12(9-13(14)23)28-21(29)15-16(22(30)31)18(25)20(27)19(26)17(15)24;23-16-10-14(27-20(29)19-15(21(30)31)5-2-6-17(19)28(32)33)7-8-18(16)34-11-12-3-1-4-13(9-12)22(24,25)26/h2-10H,1H3,(H,28,29)(H,30,31);1-10H,11H2,(H,27,29)(H,30,31). The SMILES string of the molecule is CC(Oc1ccc(NC(=O)c2c(Cl)c(Cl)c(Cl)c(Cl)c2C(=O)O)cc1Cl)c1ccccc1.O=C(O)c1cccc([N+](=O)[O-])c1C(=O)Nc1ccc(OCc2cccc(C(F)(F)F)c2)c(Cl)c1. The first-order valence-electron chi connectivity index (χ1n) is 18.4. The van der Waals surface area contributed by atoms with E-state index in [2.05, 4.69) is 10.6 Å². The van der Waals surface area contributed by atoms with Crippen molar-refractivity contribution < 1.29 is 57.0 Å². The fourth-order valence-corrected chi connectivity index (χ4v) is 7.37. The van der Waals surface area contributed by atoms with Gasteiger partial charge in [0.05, 0.1) is 57.3 Å². The minimum atomic E-state index is -4.50. The molecule has 2 amide bonds. The Hall–Kier alpha value is -6.27. The Morgan fingerprint density at radius 1 is 0.667 bits per heavy atom. The third-order valence-corrected chi connectivity index (χ3v) is 11.4. The molecule has 1 atom stereocenters. The van der Waals surface area contributed by atoms with Crippen molar-refractivity contribution in [3.8, 4) is 11.5 Å². The third kappa shape index (κ3) is 12.3. The van der Waals surface area contributed by atoms with Crippen LogP contribution in [0.4, 0.5) is 30.2 Å². The molecule has 0 aromatic heterocycles. The molecule has 0 saturated carbocycles. The van der Waals surface area contributed by atoms with Gasteiger partial charge in [0.1, 0.15) is 29.8 Å². The Morgan fingerprint density at radius 3 is 1.74 bits per heavy atom. The third-order valence-electron chi connectivity index (χ3n) is 9.01. The molecule has 6 aromatic rings. The normalized spacial score (nSPS) is 11.4. The van der Waals surface area contributed by atoms with E-state index in [1.807, 2.05) is 37.3 Å². The quantitative estimate of drug-likeness (QED) is 0.0374. The maximum atomic E-state index is 12.8. The second-order valence-electron chi connectivity index (χ2n) is 13.4. The number of carbonyl (C=O) groups is 4. The average Bonchev–Trinajstić information content (AvgIpc) is 3.27. The number of nitro benzene ring substituents is 1. The van der Waals surface area contributed by atoms with Gasteiger partial charge in [0.2, 0.25) is 0 Å². The number of anilines is 2. The second kappa shape index (κ2) is 21.8. The van der Waals surface area contributed by atoms with Crippen molar-refractivity contribution in [1.29, 1.82) is 0 Å². The molecule has 342 valence electrons. The van der Waals surface area contributed by atoms with Crippen molar-refractivity contribution >= 4 is 110 Å². The first kappa shape index (κ1) is 50.7. The van der Waals surface area contributed by atoms with Crippen LogP contribution in [0.2, 0.25) is 30.1 Å². The highest BCUT2D eigenvalue weighted by atomic mass is 35.5. The number of ether oxygens (including phenoxy) is 2. The number of alkyl halides is 3. The van der Waals surface area contributed by atoms with Gasteiger partial charge in [-0.3, -0.25) is 19.7 Å². The highest BCUT2D eigenvalue weighted by molar-refractivity contribution is 6.54. The Labute approximate surface area is 401 Å². The van der Waals surface area contributed by atoms with E-state index >= 15 is 0 Å². The monoisotopic (exact) mass is 1020 g/mol. The molecule has 6 aromatic carbocycles. The molecule has 0 fully saturated rings. The smallest absolute Gasteiger partial charge is 0.416 e. The van der Waals surface area contributed by atoms with E-state index < -0.39 is 73.4 Å². The number of benzene rings is 6. The molecule has 0 aliphatic heterocycles. The van der Waals surface area contributed by atoms with Crippen molar-refractivity contribution in [3.63, 3.8) is 0 Å². The number of hydrogen-bond acceptors (Lipinski definition) is 8. The van der Waals surface area contributed by atoms with Crippen LogP contribution in [0.5, 0.6) is 11.5 Å². The molecule has 13 nitrogen and oxygen atoms in total. The second-order valence-corrected chi connectivity index (χ2v) is 15.8. The molecule has 6 rings (SSSR count). The van der Waals surface area contributed by atoms with Gasteiger partial charge in [-0.2, -0.15) is 13.2 Å². The fourth-order valence-electron chi connectivity index (χ4n) is 5.89. The number of carbonyl (C=O) groups excluding carboxylic acids is 2. The van der Waals surface area contributed by atoms with Crippen molar-refractivity contribution in [3.05, 3.63) is 188 Å². The van der Waals surface area contributed by atoms with Crippen LogP contribution in [0.15, 0.2) is 109 Å². The lowest BCUT2D eigenvalue weighted by atomic mass is 10.0. The summed E-state index contributed by atoms with van der Waals surface area (Å²) in [7, 11) is 0. The van der Waals surface area contributed by atoms with Crippen molar-refractivity contribution in [2.24, 2.45) is 0 Å². The first-order chi connectivity index (χ1) is 31.1. The van der Waals surface area contributed by atoms with Gasteiger partial charge in [0.15, 0.2) is 0 Å². The minimum Gasteiger partial charge on any atom is -0.487 e. The molecular formula is C44H28Cl6F3N3O10. The van der Waals surface area contributed by atoms with Crippen molar-refractivity contribution in [2.75, 3.05) is 10.6 Å². The number of nitrogens with zero attached hydrogens (tertiary/aromatic N) is 1. The van der Waals surface area contributed by atoms with Crippen LogP contribution >= 0.6 is 69.6 Å². The lowest BCUT2D eigenvalue weighted by molar-refractivity contribution is -0.385. The number of hydrogen-bond donors (Lipinski definition) is 4. The Morgan fingerprint density at radius 2 is 1.21 bits per heavy atom. The van der Waals surface area contributed by atoms with Gasteiger partial charge in [0.25, 0.3) is 17.5 Å². The van der Waals surface area contributed by atoms with Gasteiger partial charge in [-0.25, -0.2) is 9.59 Å². The van der Waals surface area contributed by atoms with E-state index in [-0.39, 0.29) is 60.5 Å². The maximum absolute atomic E-state index is 12.8. The summed E-state index contributed by atoms with van der Waals surface area (Å²) in [6, 6.07) is 25.8. The molecule has 0 aliphatic rings. The molecule has 0 aliphatic carbocycles. The lowest BCUT2D eigenvalue weighted by Crippen LogP contribution is -2.18. The predicted molar refractivity (Wildman–Crippen MR) is 244 cm³/mol. The van der Waals surface area contributed by atoms with E-state index in [0.717, 1.165) is 35.9 Å². The van der Waals surface area contributed by atoms with E-state index in [9.17, 15) is 52.7 Å². The Bertz CT molecular complexity index is 2840. The minimum absolute atomic E-state index is 0.00852. The predicted octanol–water partition coefficient (Wildman–Crippen LogP) is 13.8. The molecule has 0 radical (unpaired) electrons. The van der Waals surface area contributed by atoms with Gasteiger partial charge >= 0.3 is 18.1 Å². The molecule has 0 spiro atoms. The summed E-state index contributed by atoms with van der Waals surface area (Å²) >= 11 is 36.5. The van der Waals surface area contributed by atoms with Gasteiger partial charge in [-0.05, 0) is 72.6 Å². The number of aromatic carboxylic acids is 2. The van der Waals surface area contributed by atoms with Crippen LogP contribution in [0.25, 0.3) is 0 Å². The van der Waals surface area contributed by atoms with E-state index in [0.29, 0.717) is 5.75 Å². The van der Waals surface area contributed by atoms with Crippen LogP contribution in [0.3, 0.4) is 0 Å². The molecule has 0 heterocycles. The van der Waals surface area contributed by atoms with Crippen molar-refractivity contribution in [1.82, 2.24) is 0 Å². The number of nitro groups is 1. The molecule has 0 bridgehead atoms. The first-order valence-corrected chi connectivity index (χ1v) is 20.7. The topological polar surface area (TPSA) is 194 Å². The number of rotatable bonds is 13. The number of nitrogens with one attached hydrogen (secondary N) is 2. The molecular weight excluding hydrogens is 1000 g/mol. The van der Waals surface area contributed by atoms with Crippen LogP contribution in [0.1, 0.15) is 71.2 Å². The van der Waals surface area contributed by atoms with E-state index in [4.69, 9.17) is 79.1 Å². The average molecular weight is 1030 g/mol. The summed E-state index contributed by atoms with van der Waals surface area (Å²) < 4.78 is 49.9. The zero-order valence-corrected chi connectivity index (χ0v) is 37.7. The molecule has 4 N–H and O–H groups in total. The summed E-state index contributed by atoms with van der Waals surface area (Å²) in [6.07, 6.45) is -4.76. The van der Waals surface area contributed by atoms with Crippen LogP contribution < -0.4 is 20.1 Å². The van der Waals surface area contributed by atoms with Gasteiger partial charge in [-0.1, -0.05) is 118 Å². The van der Waals surface area contributed by atoms with E-state index in [1.165, 1.54) is 36.4 Å². The number of halogens is 9. The summed E-state index contributed by atoms with van der Waals surface area (Å²) in [5.74, 6) is -4.40. The van der Waals surface area contributed by atoms with Crippen LogP contribution in [-0.2, 0) is 12.8 Å². The molecule has 1 unspecified atom stereocenters. The Kier molecular flexibility index (Phi) is 16.8. The summed E-state index contributed by atoms with van der Waals surface area (Å²) in [6.45, 7) is 1.67. The number of carboxylic acids is 2. The highest BCUT2D eigenvalue weighted by Crippen LogP contribution is 2.42. The molecule has 66 heavy (non-hydrogen) atoms. The summed E-state index contributed by atoms with van der Waals surface area (Å²) in [5.41, 5.74) is -2.13. The van der Waals surface area contributed by atoms with Crippen LogP contribution in [0, 0.1) is 10.1 Å².